The van der Waals surface area contributed by atoms with Gasteiger partial charge < -0.3 is 4.74 Å². The third kappa shape index (κ3) is 0.777. The Balaban J connectivity index is 2.24. The maximum atomic E-state index is 11.8. The summed E-state index contributed by atoms with van der Waals surface area (Å²) in [5.41, 5.74) is 2.42. The molecule has 0 saturated heterocycles. The Morgan fingerprint density at radius 3 is 2.71 bits per heavy atom. The summed E-state index contributed by atoms with van der Waals surface area (Å²) in [4.78, 5) is 11.8. The van der Waals surface area contributed by atoms with Crippen LogP contribution in [0.2, 0.25) is 0 Å². The van der Waals surface area contributed by atoms with Crippen LogP contribution in [0.15, 0.2) is 42.2 Å². The lowest BCUT2D eigenvalue weighted by molar-refractivity contribution is 0.103. The molecule has 0 amide bonds. The van der Waals surface area contributed by atoms with Gasteiger partial charge in [0.15, 0.2) is 5.78 Å². The van der Waals surface area contributed by atoms with Gasteiger partial charge in [-0.2, -0.15) is 0 Å². The second-order valence-electron chi connectivity index (χ2n) is 3.50. The second-order valence-corrected chi connectivity index (χ2v) is 3.50. The van der Waals surface area contributed by atoms with Crippen molar-refractivity contribution in [1.82, 2.24) is 0 Å². The lowest BCUT2D eigenvalue weighted by atomic mass is 10.1. The lowest BCUT2D eigenvalue weighted by Crippen LogP contribution is -1.98. The fourth-order valence-corrected chi connectivity index (χ4v) is 1.96. The van der Waals surface area contributed by atoms with Gasteiger partial charge in [0.1, 0.15) is 11.5 Å². The van der Waals surface area contributed by atoms with Crippen LogP contribution in [0.5, 0.6) is 0 Å². The third-order valence-corrected chi connectivity index (χ3v) is 2.58. The molecule has 3 rings (SSSR count). The zero-order valence-corrected chi connectivity index (χ0v) is 7.54. The first-order valence-electron chi connectivity index (χ1n) is 4.50. The third-order valence-electron chi connectivity index (χ3n) is 2.58. The number of carbonyl (C=O) groups is 1. The Labute approximate surface area is 81.5 Å². The summed E-state index contributed by atoms with van der Waals surface area (Å²) in [6.45, 7) is 3.73. The molecule has 1 heterocycles. The zero-order chi connectivity index (χ0) is 9.71. The van der Waals surface area contributed by atoms with Crippen LogP contribution in [0.4, 0.5) is 0 Å². The molecule has 0 bridgehead atoms. The number of fused-ring (bicyclic) bond motifs is 2. The van der Waals surface area contributed by atoms with E-state index in [2.05, 4.69) is 6.58 Å². The molecule has 2 aliphatic rings. The maximum absolute atomic E-state index is 11.8. The first kappa shape index (κ1) is 7.56. The van der Waals surface area contributed by atoms with Crippen molar-refractivity contribution in [2.75, 3.05) is 0 Å². The number of hydrogen-bond donors (Lipinski definition) is 0. The van der Waals surface area contributed by atoms with E-state index in [-0.39, 0.29) is 5.78 Å². The number of hydrogen-bond acceptors (Lipinski definition) is 2. The van der Waals surface area contributed by atoms with E-state index in [9.17, 15) is 4.79 Å². The number of Topliss-reactive ketones (excluding diaryl/α,β-unsaturated/α-hetero) is 1. The highest BCUT2D eigenvalue weighted by Crippen LogP contribution is 2.42. The van der Waals surface area contributed by atoms with Gasteiger partial charge in [-0.1, -0.05) is 30.8 Å². The highest BCUT2D eigenvalue weighted by Gasteiger charge is 2.35. The molecule has 1 aliphatic heterocycles. The summed E-state index contributed by atoms with van der Waals surface area (Å²) in [5, 5.41) is 0. The van der Waals surface area contributed by atoms with Crippen molar-refractivity contribution in [1.29, 1.82) is 0 Å². The number of rotatable bonds is 0. The van der Waals surface area contributed by atoms with Crippen LogP contribution in [0, 0.1) is 0 Å². The van der Waals surface area contributed by atoms with E-state index in [4.69, 9.17) is 4.74 Å². The van der Waals surface area contributed by atoms with Gasteiger partial charge in [-0.3, -0.25) is 4.79 Å². The highest BCUT2D eigenvalue weighted by atomic mass is 16.5. The van der Waals surface area contributed by atoms with Gasteiger partial charge in [0, 0.05) is 17.5 Å². The van der Waals surface area contributed by atoms with E-state index in [0.717, 1.165) is 22.5 Å². The quantitative estimate of drug-likeness (QED) is 0.619. The van der Waals surface area contributed by atoms with Gasteiger partial charge >= 0.3 is 0 Å². The topological polar surface area (TPSA) is 26.3 Å². The van der Waals surface area contributed by atoms with Crippen molar-refractivity contribution < 1.29 is 9.53 Å². The molecular weight excluding hydrogens is 176 g/mol. The van der Waals surface area contributed by atoms with Crippen molar-refractivity contribution in [2.45, 2.75) is 6.42 Å². The lowest BCUT2D eigenvalue weighted by Gasteiger charge is -2.04. The van der Waals surface area contributed by atoms with Crippen molar-refractivity contribution in [3.05, 3.63) is 53.3 Å². The largest absolute Gasteiger partial charge is 0.461 e. The van der Waals surface area contributed by atoms with E-state index >= 15 is 0 Å². The molecule has 0 aromatic heterocycles. The van der Waals surface area contributed by atoms with Crippen molar-refractivity contribution in [2.24, 2.45) is 0 Å². The van der Waals surface area contributed by atoms with Gasteiger partial charge in [-0.25, -0.2) is 0 Å². The van der Waals surface area contributed by atoms with Crippen LogP contribution in [-0.2, 0) is 4.74 Å². The first-order valence-corrected chi connectivity index (χ1v) is 4.50. The van der Waals surface area contributed by atoms with Crippen LogP contribution in [0.25, 0.3) is 5.76 Å². The van der Waals surface area contributed by atoms with E-state index in [1.54, 1.807) is 0 Å². The molecule has 68 valence electrons. The van der Waals surface area contributed by atoms with Crippen LogP contribution < -0.4 is 0 Å². The monoisotopic (exact) mass is 184 g/mol. The molecule has 2 heteroatoms. The molecule has 0 saturated carbocycles. The number of ether oxygens (including phenoxy) is 1. The molecule has 2 nitrogen and oxygen atoms in total. The Morgan fingerprint density at radius 1 is 1.21 bits per heavy atom. The second kappa shape index (κ2) is 2.35. The van der Waals surface area contributed by atoms with Gasteiger partial charge in [0.25, 0.3) is 0 Å². The summed E-state index contributed by atoms with van der Waals surface area (Å²) in [6.07, 6.45) is 0.558. The van der Waals surface area contributed by atoms with Crippen molar-refractivity contribution in [3.63, 3.8) is 0 Å². The molecule has 0 unspecified atom stereocenters. The Bertz CT molecular complexity index is 495. The van der Waals surface area contributed by atoms with E-state index in [1.165, 1.54) is 0 Å². The summed E-state index contributed by atoms with van der Waals surface area (Å²) < 4.78 is 5.45. The Kier molecular flexibility index (Phi) is 1.27. The summed E-state index contributed by atoms with van der Waals surface area (Å²) in [5.74, 6) is 1.47. The molecule has 1 aromatic carbocycles. The van der Waals surface area contributed by atoms with Crippen LogP contribution in [0.3, 0.4) is 0 Å². The number of benzene rings is 1. The van der Waals surface area contributed by atoms with Gasteiger partial charge in [-0.05, 0) is 0 Å². The molecule has 0 fully saturated rings. The molecule has 0 radical (unpaired) electrons. The smallest absolute Gasteiger partial charge is 0.193 e. The van der Waals surface area contributed by atoms with Gasteiger partial charge in [0.2, 0.25) is 0 Å². The normalized spacial score (nSPS) is 18.3. The molecular formula is C12H8O2. The highest BCUT2D eigenvalue weighted by molar-refractivity contribution is 6.20. The Hall–Kier alpha value is -1.83. The van der Waals surface area contributed by atoms with Crippen LogP contribution >= 0.6 is 0 Å². The number of allylic oxidation sites excluding steroid dienone is 1. The van der Waals surface area contributed by atoms with E-state index in [1.807, 2.05) is 24.3 Å². The zero-order valence-electron chi connectivity index (χ0n) is 7.54. The van der Waals surface area contributed by atoms with E-state index in [0.29, 0.717) is 12.2 Å². The first-order chi connectivity index (χ1) is 6.77. The average molecular weight is 184 g/mol. The number of ketones is 1. The van der Waals surface area contributed by atoms with Crippen molar-refractivity contribution >= 4 is 11.5 Å². The summed E-state index contributed by atoms with van der Waals surface area (Å²) in [7, 11) is 0. The fraction of sp³-hybridized carbons (Fsp3) is 0.0833. The van der Waals surface area contributed by atoms with Crippen molar-refractivity contribution in [3.8, 4) is 0 Å². The predicted octanol–water partition coefficient (Wildman–Crippen LogP) is 2.53. The standard InChI is InChI=1S/C12H8O2/c1-7-6-10-11(13)8-4-2-3-5-9(8)12(10)14-7/h2-5H,1,6H2. The van der Waals surface area contributed by atoms with E-state index < -0.39 is 0 Å². The molecule has 0 spiro atoms. The van der Waals surface area contributed by atoms with Gasteiger partial charge in [0.05, 0.1) is 5.57 Å². The summed E-state index contributed by atoms with van der Waals surface area (Å²) in [6, 6.07) is 7.52. The fourth-order valence-electron chi connectivity index (χ4n) is 1.96. The van der Waals surface area contributed by atoms with Gasteiger partial charge in [-0.15, -0.1) is 0 Å². The minimum atomic E-state index is 0.0919. The maximum Gasteiger partial charge on any atom is 0.193 e. The molecule has 14 heavy (non-hydrogen) atoms. The van der Waals surface area contributed by atoms with Crippen LogP contribution in [-0.4, -0.2) is 5.78 Å². The summed E-state index contributed by atoms with van der Waals surface area (Å²) >= 11 is 0. The minimum Gasteiger partial charge on any atom is -0.461 e. The molecule has 1 aliphatic carbocycles. The Morgan fingerprint density at radius 2 is 1.93 bits per heavy atom. The molecule has 0 atom stereocenters. The number of carbonyl (C=O) groups excluding carboxylic acids is 1. The van der Waals surface area contributed by atoms with Crippen LogP contribution in [0.1, 0.15) is 22.3 Å². The molecule has 0 N–H and O–H groups in total. The average Bonchev–Trinajstić information content (AvgIpc) is 2.68. The molecule has 1 aromatic rings. The predicted molar refractivity (Wildman–Crippen MR) is 52.5 cm³/mol. The SMILES string of the molecule is C=C1CC2=C(O1)c1ccccc1C2=O. The minimum absolute atomic E-state index is 0.0919.